The summed E-state index contributed by atoms with van der Waals surface area (Å²) in [5.41, 5.74) is 0.175. The van der Waals surface area contributed by atoms with E-state index in [2.05, 4.69) is 15.5 Å². The third-order valence-electron chi connectivity index (χ3n) is 3.25. The number of benzene rings is 1. The lowest BCUT2D eigenvalue weighted by Gasteiger charge is -2.03. The van der Waals surface area contributed by atoms with Crippen molar-refractivity contribution in [1.29, 1.82) is 5.26 Å². The predicted octanol–water partition coefficient (Wildman–Crippen LogP) is 1.85. The maximum atomic E-state index is 12.3. The molecule has 13 heteroatoms. The molecule has 160 valence electrons. The molecule has 2 rings (SSSR count). The van der Waals surface area contributed by atoms with E-state index in [4.69, 9.17) is 4.18 Å². The third kappa shape index (κ3) is 6.90. The molecule has 0 spiro atoms. The fourth-order valence-electron chi connectivity index (χ4n) is 2.17. The van der Waals surface area contributed by atoms with Crippen LogP contribution in [-0.4, -0.2) is 44.9 Å². The van der Waals surface area contributed by atoms with Crippen LogP contribution in [0.3, 0.4) is 0 Å². The van der Waals surface area contributed by atoms with Gasteiger partial charge in [-0.2, -0.15) is 13.7 Å². The summed E-state index contributed by atoms with van der Waals surface area (Å²) in [6.07, 6.45) is 2.18. The normalized spacial score (nSPS) is 12.4. The maximum absolute atomic E-state index is 12.3. The number of anilines is 1. The van der Waals surface area contributed by atoms with Gasteiger partial charge in [-0.25, -0.2) is 8.42 Å². The van der Waals surface area contributed by atoms with Crippen LogP contribution >= 0.6 is 11.3 Å². The van der Waals surface area contributed by atoms with Gasteiger partial charge in [0, 0.05) is 0 Å². The fraction of sp³-hybridized carbons (Fsp3) is 0.294. The second-order valence-electron chi connectivity index (χ2n) is 6.53. The van der Waals surface area contributed by atoms with E-state index < -0.39 is 25.9 Å². The molecule has 0 radical (unpaired) electrons. The molecule has 1 N–H and O–H groups in total. The molecule has 0 aliphatic heterocycles. The van der Waals surface area contributed by atoms with Gasteiger partial charge in [-0.15, -0.1) is 10.2 Å². The molecule has 1 heterocycles. The summed E-state index contributed by atoms with van der Waals surface area (Å²) in [6, 6.07) is 7.42. The van der Waals surface area contributed by atoms with Crippen molar-refractivity contribution in [2.45, 2.75) is 18.2 Å². The Labute approximate surface area is 178 Å². The molecule has 0 saturated carbocycles. The van der Waals surface area contributed by atoms with Crippen molar-refractivity contribution in [2.24, 2.45) is 5.92 Å². The first-order valence-electron chi connectivity index (χ1n) is 8.38. The predicted molar refractivity (Wildman–Crippen MR) is 111 cm³/mol. The molecule has 2 aromatic rings. The van der Waals surface area contributed by atoms with Crippen LogP contribution in [0.1, 0.15) is 19.4 Å². The second-order valence-corrected chi connectivity index (χ2v) is 11.3. The summed E-state index contributed by atoms with van der Waals surface area (Å²) >= 11 is 0.699. The van der Waals surface area contributed by atoms with Crippen LogP contribution in [0.25, 0.3) is 6.08 Å². The Bertz CT molecular complexity index is 1210. The van der Waals surface area contributed by atoms with E-state index in [-0.39, 0.29) is 32.5 Å². The Kier molecular flexibility index (Phi) is 7.30. The average molecular weight is 471 g/mol. The van der Waals surface area contributed by atoms with Crippen LogP contribution in [0.5, 0.6) is 5.75 Å². The van der Waals surface area contributed by atoms with E-state index in [0.29, 0.717) is 16.9 Å². The van der Waals surface area contributed by atoms with Crippen LogP contribution in [0.15, 0.2) is 34.2 Å². The average Bonchev–Trinajstić information content (AvgIpc) is 3.08. The number of nitrogens with zero attached hydrogens (tertiary/aromatic N) is 3. The minimum Gasteiger partial charge on any atom is -0.383 e. The molecule has 0 fully saturated rings. The largest absolute Gasteiger partial charge is 0.383 e. The molecule has 1 amide bonds. The van der Waals surface area contributed by atoms with E-state index in [1.54, 1.807) is 19.9 Å². The molecule has 0 aliphatic carbocycles. The lowest BCUT2D eigenvalue weighted by atomic mass is 10.1. The Morgan fingerprint density at radius 3 is 2.40 bits per heavy atom. The van der Waals surface area contributed by atoms with Crippen molar-refractivity contribution >= 4 is 48.4 Å². The van der Waals surface area contributed by atoms with Crippen LogP contribution < -0.4 is 9.50 Å². The van der Waals surface area contributed by atoms with Gasteiger partial charge in [0.15, 0.2) is 0 Å². The Hall–Kier alpha value is -2.82. The fourth-order valence-corrected chi connectivity index (χ4v) is 5.24. The highest BCUT2D eigenvalue weighted by molar-refractivity contribution is 7.93. The van der Waals surface area contributed by atoms with Crippen molar-refractivity contribution in [3.8, 4) is 11.8 Å². The summed E-state index contributed by atoms with van der Waals surface area (Å²) in [4.78, 5) is 12.3. The van der Waals surface area contributed by atoms with E-state index >= 15 is 0 Å². The number of hydrogen-bond donors (Lipinski definition) is 1. The van der Waals surface area contributed by atoms with Crippen molar-refractivity contribution in [3.63, 3.8) is 0 Å². The van der Waals surface area contributed by atoms with Crippen molar-refractivity contribution < 1.29 is 25.8 Å². The number of carbonyl (C=O) groups excluding carboxylic acids is 1. The summed E-state index contributed by atoms with van der Waals surface area (Å²) in [5.74, 6) is -0.906. The molecule has 30 heavy (non-hydrogen) atoms. The standard InChI is InChI=1S/C17H18N4O6S3/c1-11(2)10-30(25,26)17-21-20-16(28-17)19-15(22)13(9-18)8-12-4-6-14(7-5-12)27-29(3,23)24/h4-8,11H,10H2,1-3H3,(H,19,20,22). The first-order chi connectivity index (χ1) is 13.9. The minimum absolute atomic E-state index is 0.0552. The quantitative estimate of drug-likeness (QED) is 0.263. The van der Waals surface area contributed by atoms with Crippen molar-refractivity contribution in [3.05, 3.63) is 35.4 Å². The molecule has 0 unspecified atom stereocenters. The van der Waals surface area contributed by atoms with Gasteiger partial charge in [0.25, 0.3) is 5.91 Å². The maximum Gasteiger partial charge on any atom is 0.306 e. The van der Waals surface area contributed by atoms with Gasteiger partial charge in [0.1, 0.15) is 17.4 Å². The highest BCUT2D eigenvalue weighted by Crippen LogP contribution is 2.23. The Morgan fingerprint density at radius 1 is 1.23 bits per heavy atom. The summed E-state index contributed by atoms with van der Waals surface area (Å²) < 4.78 is 51.1. The Morgan fingerprint density at radius 2 is 1.87 bits per heavy atom. The zero-order chi connectivity index (χ0) is 22.5. The summed E-state index contributed by atoms with van der Waals surface area (Å²) in [5, 5.41) is 18.8. The zero-order valence-corrected chi connectivity index (χ0v) is 18.6. The highest BCUT2D eigenvalue weighted by atomic mass is 32.2. The van der Waals surface area contributed by atoms with Crippen molar-refractivity contribution in [1.82, 2.24) is 10.2 Å². The summed E-state index contributed by atoms with van der Waals surface area (Å²) in [7, 11) is -7.27. The number of nitriles is 1. The van der Waals surface area contributed by atoms with Gasteiger partial charge in [-0.3, -0.25) is 10.1 Å². The smallest absolute Gasteiger partial charge is 0.306 e. The number of sulfone groups is 1. The molecular weight excluding hydrogens is 452 g/mol. The van der Waals surface area contributed by atoms with Gasteiger partial charge in [-0.05, 0) is 29.7 Å². The second kappa shape index (κ2) is 9.33. The van der Waals surface area contributed by atoms with Gasteiger partial charge < -0.3 is 4.18 Å². The number of amides is 1. The third-order valence-corrected chi connectivity index (χ3v) is 7.11. The number of carbonyl (C=O) groups is 1. The van der Waals surface area contributed by atoms with Gasteiger partial charge in [-0.1, -0.05) is 37.3 Å². The molecule has 0 saturated heterocycles. The van der Waals surface area contributed by atoms with Gasteiger partial charge >= 0.3 is 10.1 Å². The Balaban J connectivity index is 2.15. The van der Waals surface area contributed by atoms with E-state index in [1.807, 2.05) is 0 Å². The lowest BCUT2D eigenvalue weighted by molar-refractivity contribution is -0.112. The van der Waals surface area contributed by atoms with Crippen LogP contribution in [-0.2, 0) is 24.7 Å². The van der Waals surface area contributed by atoms with Crippen LogP contribution in [0, 0.1) is 17.2 Å². The number of hydrogen-bond acceptors (Lipinski definition) is 10. The number of rotatable bonds is 8. The number of aromatic nitrogens is 2. The number of nitrogens with one attached hydrogen (secondary N) is 1. The first kappa shape index (κ1) is 23.5. The monoisotopic (exact) mass is 470 g/mol. The van der Waals surface area contributed by atoms with Gasteiger partial charge in [0.05, 0.1) is 12.0 Å². The molecule has 0 aliphatic rings. The zero-order valence-electron chi connectivity index (χ0n) is 16.2. The van der Waals surface area contributed by atoms with Gasteiger partial charge in [0.2, 0.25) is 19.3 Å². The van der Waals surface area contributed by atoms with E-state index in [9.17, 15) is 26.9 Å². The molecule has 10 nitrogen and oxygen atoms in total. The van der Waals surface area contributed by atoms with Crippen molar-refractivity contribution in [2.75, 3.05) is 17.3 Å². The minimum atomic E-state index is -3.67. The van der Waals surface area contributed by atoms with E-state index in [0.717, 1.165) is 6.26 Å². The van der Waals surface area contributed by atoms with Crippen LogP contribution in [0.4, 0.5) is 5.13 Å². The molecule has 0 bridgehead atoms. The highest BCUT2D eigenvalue weighted by Gasteiger charge is 2.22. The SMILES string of the molecule is CC(C)CS(=O)(=O)c1nnc(NC(=O)C(C#N)=Cc2ccc(OS(C)(=O)=O)cc2)s1. The first-order valence-corrected chi connectivity index (χ1v) is 12.7. The van der Waals surface area contributed by atoms with E-state index in [1.165, 1.54) is 30.3 Å². The molecule has 1 aromatic carbocycles. The molecule has 1 aromatic heterocycles. The topological polar surface area (TPSA) is 156 Å². The van der Waals surface area contributed by atoms with Crippen LogP contribution in [0.2, 0.25) is 0 Å². The molecule has 0 atom stereocenters. The lowest BCUT2D eigenvalue weighted by Crippen LogP contribution is -2.13. The summed E-state index contributed by atoms with van der Waals surface area (Å²) in [6.45, 7) is 3.51. The molecular formula is C17H18N4O6S3.